The Morgan fingerprint density at radius 2 is 1.20 bits per heavy atom. The molecule has 0 amide bonds. The molecule has 3 nitrogen and oxygen atoms in total. The summed E-state index contributed by atoms with van der Waals surface area (Å²) in [6.45, 7) is 0. The van der Waals surface area contributed by atoms with Crippen LogP contribution in [0.15, 0.2) is 138 Å². The van der Waals surface area contributed by atoms with Crippen molar-refractivity contribution < 1.29 is 4.42 Å². The minimum Gasteiger partial charge on any atom is -0.456 e. The molecule has 4 heteroatoms. The van der Waals surface area contributed by atoms with E-state index in [-0.39, 0.29) is 0 Å². The number of benzene rings is 7. The molecule has 44 heavy (non-hydrogen) atoms. The highest BCUT2D eigenvalue weighted by atomic mass is 32.1. The van der Waals surface area contributed by atoms with Crippen molar-refractivity contribution in [2.24, 2.45) is 0 Å². The normalized spacial score (nSPS) is 12.1. The van der Waals surface area contributed by atoms with Gasteiger partial charge in [0, 0.05) is 47.5 Å². The van der Waals surface area contributed by atoms with Crippen molar-refractivity contribution in [3.05, 3.63) is 133 Å². The summed E-state index contributed by atoms with van der Waals surface area (Å²) in [6.07, 6.45) is 0. The first-order chi connectivity index (χ1) is 21.8. The van der Waals surface area contributed by atoms with Crippen molar-refractivity contribution in [2.45, 2.75) is 0 Å². The zero-order valence-corrected chi connectivity index (χ0v) is 24.2. The largest absolute Gasteiger partial charge is 0.456 e. The number of furan rings is 1. The highest BCUT2D eigenvalue weighted by molar-refractivity contribution is 7.26. The van der Waals surface area contributed by atoms with Crippen LogP contribution in [0.25, 0.3) is 97.2 Å². The SMILES string of the molecule is c1ccc2cc(-c3nc(-c4ccc5oc6ccccc6c5c4)nc4c3ccc3sc5c6ccccc6ccc5c34)ccc2c1. The van der Waals surface area contributed by atoms with E-state index in [1.165, 1.54) is 41.7 Å². The number of hydrogen-bond donors (Lipinski definition) is 0. The second-order valence-corrected chi connectivity index (χ2v) is 12.4. The third kappa shape index (κ3) is 3.43. The maximum absolute atomic E-state index is 6.14. The zero-order valence-electron chi connectivity index (χ0n) is 23.4. The molecule has 0 bridgehead atoms. The molecule has 0 saturated carbocycles. The van der Waals surface area contributed by atoms with Gasteiger partial charge >= 0.3 is 0 Å². The maximum Gasteiger partial charge on any atom is 0.160 e. The average Bonchev–Trinajstić information content (AvgIpc) is 3.66. The fraction of sp³-hybridized carbons (Fsp3) is 0. The molecule has 10 rings (SSSR count). The Hall–Kier alpha value is -5.58. The number of fused-ring (bicyclic) bond motifs is 11. The van der Waals surface area contributed by atoms with Gasteiger partial charge in [0.25, 0.3) is 0 Å². The maximum atomic E-state index is 6.14. The summed E-state index contributed by atoms with van der Waals surface area (Å²) in [4.78, 5) is 10.7. The fourth-order valence-corrected chi connectivity index (χ4v) is 7.97. The van der Waals surface area contributed by atoms with Gasteiger partial charge in [-0.3, -0.25) is 0 Å². The van der Waals surface area contributed by atoms with Gasteiger partial charge in [-0.25, -0.2) is 9.97 Å². The third-order valence-corrected chi connectivity index (χ3v) is 10.1. The smallest absolute Gasteiger partial charge is 0.160 e. The van der Waals surface area contributed by atoms with Crippen LogP contribution in [0, 0.1) is 0 Å². The molecular formula is C40H22N2OS. The van der Waals surface area contributed by atoms with Crippen molar-refractivity contribution in [3.63, 3.8) is 0 Å². The number of para-hydroxylation sites is 1. The Morgan fingerprint density at radius 3 is 2.14 bits per heavy atom. The molecule has 204 valence electrons. The molecule has 0 aliphatic carbocycles. The van der Waals surface area contributed by atoms with Crippen LogP contribution in [-0.4, -0.2) is 9.97 Å². The standard InChI is InChI=1S/C40H22N2OS/c1-2-9-25-21-26(14-13-23(25)7-1)37-31-18-20-35-36(30-17-15-24-8-3-4-10-28(24)39(30)44-35)38(31)42-40(41-37)27-16-19-34-32(22-27)29-11-5-6-12-33(29)43-34/h1-22H. The lowest BCUT2D eigenvalue weighted by Gasteiger charge is -2.12. The minimum atomic E-state index is 0.709. The van der Waals surface area contributed by atoms with E-state index >= 15 is 0 Å². The molecule has 0 spiro atoms. The molecule has 0 atom stereocenters. The van der Waals surface area contributed by atoms with E-state index < -0.39 is 0 Å². The van der Waals surface area contributed by atoms with E-state index in [9.17, 15) is 0 Å². The monoisotopic (exact) mass is 578 g/mol. The summed E-state index contributed by atoms with van der Waals surface area (Å²) >= 11 is 1.84. The number of rotatable bonds is 2. The molecule has 0 saturated heterocycles. The lowest BCUT2D eigenvalue weighted by molar-refractivity contribution is 0.669. The van der Waals surface area contributed by atoms with Crippen LogP contribution in [0.3, 0.4) is 0 Å². The van der Waals surface area contributed by atoms with Gasteiger partial charge in [-0.15, -0.1) is 11.3 Å². The van der Waals surface area contributed by atoms with Crippen molar-refractivity contribution in [3.8, 4) is 22.6 Å². The van der Waals surface area contributed by atoms with Gasteiger partial charge in [0.2, 0.25) is 0 Å². The molecule has 0 aliphatic rings. The Balaban J connectivity index is 1.32. The van der Waals surface area contributed by atoms with Gasteiger partial charge in [-0.2, -0.15) is 0 Å². The van der Waals surface area contributed by atoms with Gasteiger partial charge in [-0.05, 0) is 64.0 Å². The first-order valence-corrected chi connectivity index (χ1v) is 15.6. The molecule has 10 aromatic rings. The summed E-state index contributed by atoms with van der Waals surface area (Å²) in [7, 11) is 0. The van der Waals surface area contributed by atoms with Crippen LogP contribution in [0.5, 0.6) is 0 Å². The van der Waals surface area contributed by atoms with E-state index in [1.807, 2.05) is 29.5 Å². The van der Waals surface area contributed by atoms with Crippen LogP contribution < -0.4 is 0 Å². The lowest BCUT2D eigenvalue weighted by atomic mass is 9.99. The molecule has 0 unspecified atom stereocenters. The number of thiophene rings is 1. The molecule has 0 radical (unpaired) electrons. The molecule has 0 fully saturated rings. The molecule has 0 aliphatic heterocycles. The predicted molar refractivity (Wildman–Crippen MR) is 186 cm³/mol. The Bertz CT molecular complexity index is 2790. The topological polar surface area (TPSA) is 38.9 Å². The van der Waals surface area contributed by atoms with Gasteiger partial charge < -0.3 is 4.42 Å². The van der Waals surface area contributed by atoms with Crippen molar-refractivity contribution in [1.29, 1.82) is 0 Å². The number of nitrogens with zero attached hydrogens (tertiary/aromatic N) is 2. The Morgan fingerprint density at radius 1 is 0.477 bits per heavy atom. The van der Waals surface area contributed by atoms with Crippen LogP contribution in [0.1, 0.15) is 0 Å². The van der Waals surface area contributed by atoms with Crippen LogP contribution in [0.4, 0.5) is 0 Å². The molecular weight excluding hydrogens is 557 g/mol. The average molecular weight is 579 g/mol. The van der Waals surface area contributed by atoms with E-state index in [1.54, 1.807) is 0 Å². The summed E-state index contributed by atoms with van der Waals surface area (Å²) in [5.41, 5.74) is 5.72. The highest BCUT2D eigenvalue weighted by Crippen LogP contribution is 2.43. The van der Waals surface area contributed by atoms with E-state index in [2.05, 4.69) is 115 Å². The predicted octanol–water partition coefficient (Wildman–Crippen LogP) is 11.5. The summed E-state index contributed by atoms with van der Waals surface area (Å²) in [6, 6.07) is 47.2. The highest BCUT2D eigenvalue weighted by Gasteiger charge is 2.19. The summed E-state index contributed by atoms with van der Waals surface area (Å²) < 4.78 is 8.67. The Kier molecular flexibility index (Phi) is 4.87. The third-order valence-electron chi connectivity index (χ3n) is 8.85. The molecule has 0 N–H and O–H groups in total. The van der Waals surface area contributed by atoms with Crippen LogP contribution in [-0.2, 0) is 0 Å². The summed E-state index contributed by atoms with van der Waals surface area (Å²) in [5, 5.41) is 10.6. The van der Waals surface area contributed by atoms with E-state index in [4.69, 9.17) is 14.4 Å². The van der Waals surface area contributed by atoms with E-state index in [0.717, 1.165) is 49.7 Å². The quantitative estimate of drug-likeness (QED) is 0.205. The first-order valence-electron chi connectivity index (χ1n) is 14.7. The molecule has 7 aromatic carbocycles. The van der Waals surface area contributed by atoms with Crippen molar-refractivity contribution in [2.75, 3.05) is 0 Å². The molecule has 3 heterocycles. The number of hydrogen-bond acceptors (Lipinski definition) is 4. The van der Waals surface area contributed by atoms with Crippen molar-refractivity contribution in [1.82, 2.24) is 9.97 Å². The van der Waals surface area contributed by atoms with Gasteiger partial charge in [0.1, 0.15) is 11.2 Å². The second kappa shape index (κ2) is 8.96. The zero-order chi connectivity index (χ0) is 28.8. The van der Waals surface area contributed by atoms with Crippen molar-refractivity contribution >= 4 is 85.9 Å². The minimum absolute atomic E-state index is 0.709. The van der Waals surface area contributed by atoms with Gasteiger partial charge in [-0.1, -0.05) is 91.0 Å². The lowest BCUT2D eigenvalue weighted by Crippen LogP contribution is -1.96. The van der Waals surface area contributed by atoms with Crippen LogP contribution in [0.2, 0.25) is 0 Å². The summed E-state index contributed by atoms with van der Waals surface area (Å²) in [5.74, 6) is 0.709. The van der Waals surface area contributed by atoms with Crippen LogP contribution >= 0.6 is 11.3 Å². The van der Waals surface area contributed by atoms with Gasteiger partial charge in [0.15, 0.2) is 5.82 Å². The number of aromatic nitrogens is 2. The first kappa shape index (κ1) is 23.9. The van der Waals surface area contributed by atoms with E-state index in [0.29, 0.717) is 5.82 Å². The Labute approximate surface area is 255 Å². The van der Waals surface area contributed by atoms with Gasteiger partial charge in [0.05, 0.1) is 11.2 Å². The fourth-order valence-electron chi connectivity index (χ4n) is 6.73. The molecule has 3 aromatic heterocycles. The second-order valence-electron chi connectivity index (χ2n) is 11.4.